The molecule has 6 nitrogen and oxygen atoms in total. The van der Waals surface area contributed by atoms with E-state index in [9.17, 15) is 4.79 Å². The summed E-state index contributed by atoms with van der Waals surface area (Å²) in [6.45, 7) is 0.439. The third-order valence-corrected chi connectivity index (χ3v) is 5.91. The number of nitrogens with zero attached hydrogens (tertiary/aromatic N) is 3. The molecular formula is C24H21ClN4O2S. The molecule has 0 unspecified atom stereocenters. The average molecular weight is 465 g/mol. The number of halogens is 1. The van der Waals surface area contributed by atoms with Gasteiger partial charge in [0.05, 0.1) is 18.4 Å². The highest BCUT2D eigenvalue weighted by atomic mass is 35.5. The number of rotatable bonds is 8. The van der Waals surface area contributed by atoms with Crippen molar-refractivity contribution < 1.29 is 9.53 Å². The highest BCUT2D eigenvalue weighted by molar-refractivity contribution is 7.99. The summed E-state index contributed by atoms with van der Waals surface area (Å²) < 4.78 is 7.46. The molecule has 0 aliphatic carbocycles. The number of ether oxygens (including phenoxy) is 1. The first-order chi connectivity index (χ1) is 15.7. The van der Waals surface area contributed by atoms with E-state index in [2.05, 4.69) is 15.5 Å². The fourth-order valence-electron chi connectivity index (χ4n) is 3.16. The van der Waals surface area contributed by atoms with Gasteiger partial charge in [-0.15, -0.1) is 10.2 Å². The number of hydrogen-bond acceptors (Lipinski definition) is 5. The van der Waals surface area contributed by atoms with Crippen LogP contribution in [0.5, 0.6) is 5.75 Å². The molecule has 1 aromatic heterocycles. The first-order valence-electron chi connectivity index (χ1n) is 9.94. The molecule has 0 saturated heterocycles. The lowest BCUT2D eigenvalue weighted by Gasteiger charge is -2.12. The Morgan fingerprint density at radius 1 is 1.00 bits per heavy atom. The number of carbonyl (C=O) groups is 1. The van der Waals surface area contributed by atoms with Gasteiger partial charge in [-0.25, -0.2) is 0 Å². The molecule has 0 fully saturated rings. The fraction of sp³-hybridized carbons (Fsp3) is 0.125. The Balaban J connectivity index is 1.54. The summed E-state index contributed by atoms with van der Waals surface area (Å²) in [5.74, 6) is 1.48. The zero-order chi connectivity index (χ0) is 22.3. The van der Waals surface area contributed by atoms with Gasteiger partial charge in [0.15, 0.2) is 11.0 Å². The minimum Gasteiger partial charge on any atom is -0.496 e. The number of amides is 1. The lowest BCUT2D eigenvalue weighted by molar-refractivity contribution is -0.118. The van der Waals surface area contributed by atoms with Gasteiger partial charge in [-0.05, 0) is 42.0 Å². The largest absolute Gasteiger partial charge is 0.496 e. The van der Waals surface area contributed by atoms with Gasteiger partial charge in [0.1, 0.15) is 5.75 Å². The van der Waals surface area contributed by atoms with Crippen molar-refractivity contribution in [1.82, 2.24) is 20.1 Å². The molecule has 4 aromatic rings. The Hall–Kier alpha value is -3.29. The van der Waals surface area contributed by atoms with Gasteiger partial charge in [0, 0.05) is 17.3 Å². The van der Waals surface area contributed by atoms with Crippen molar-refractivity contribution in [3.63, 3.8) is 0 Å². The predicted molar refractivity (Wildman–Crippen MR) is 127 cm³/mol. The second kappa shape index (κ2) is 10.3. The monoisotopic (exact) mass is 464 g/mol. The van der Waals surface area contributed by atoms with Crippen molar-refractivity contribution >= 4 is 29.3 Å². The maximum absolute atomic E-state index is 12.4. The van der Waals surface area contributed by atoms with Crippen LogP contribution in [0.25, 0.3) is 17.1 Å². The topological polar surface area (TPSA) is 69.0 Å². The summed E-state index contributed by atoms with van der Waals surface area (Å²) in [5, 5.41) is 13.0. The summed E-state index contributed by atoms with van der Waals surface area (Å²) in [7, 11) is 1.63. The predicted octanol–water partition coefficient (Wildman–Crippen LogP) is 5.00. The molecule has 32 heavy (non-hydrogen) atoms. The summed E-state index contributed by atoms with van der Waals surface area (Å²) in [4.78, 5) is 12.4. The smallest absolute Gasteiger partial charge is 0.230 e. The molecule has 0 aliphatic heterocycles. The van der Waals surface area contributed by atoms with E-state index in [-0.39, 0.29) is 11.7 Å². The number of nitrogens with one attached hydrogen (secondary N) is 1. The number of carbonyl (C=O) groups excluding carboxylic acids is 1. The van der Waals surface area contributed by atoms with Crippen LogP contribution in [-0.4, -0.2) is 33.5 Å². The number of methoxy groups -OCH3 is 1. The van der Waals surface area contributed by atoms with Crippen molar-refractivity contribution in [1.29, 1.82) is 0 Å². The maximum Gasteiger partial charge on any atom is 0.230 e. The Labute approximate surface area is 195 Å². The number of benzene rings is 3. The van der Waals surface area contributed by atoms with E-state index in [0.29, 0.717) is 28.3 Å². The van der Waals surface area contributed by atoms with Crippen LogP contribution in [0, 0.1) is 0 Å². The van der Waals surface area contributed by atoms with Crippen LogP contribution in [0.4, 0.5) is 0 Å². The summed E-state index contributed by atoms with van der Waals surface area (Å²) in [6.07, 6.45) is 0. The normalized spacial score (nSPS) is 10.7. The highest BCUT2D eigenvalue weighted by Gasteiger charge is 2.19. The van der Waals surface area contributed by atoms with Crippen LogP contribution in [0.3, 0.4) is 0 Å². The summed E-state index contributed by atoms with van der Waals surface area (Å²) in [5.41, 5.74) is 2.71. The molecule has 1 amide bonds. The molecule has 162 valence electrons. The van der Waals surface area contributed by atoms with E-state index >= 15 is 0 Å². The van der Waals surface area contributed by atoms with Crippen LogP contribution in [0.1, 0.15) is 5.56 Å². The molecule has 1 heterocycles. The quantitative estimate of drug-likeness (QED) is 0.371. The van der Waals surface area contributed by atoms with Gasteiger partial charge >= 0.3 is 0 Å². The van der Waals surface area contributed by atoms with Gasteiger partial charge in [-0.2, -0.15) is 0 Å². The van der Waals surface area contributed by atoms with Crippen LogP contribution in [-0.2, 0) is 11.3 Å². The zero-order valence-corrected chi connectivity index (χ0v) is 18.9. The minimum absolute atomic E-state index is 0.0913. The van der Waals surface area contributed by atoms with Gasteiger partial charge in [0.25, 0.3) is 0 Å². The van der Waals surface area contributed by atoms with Gasteiger partial charge in [0.2, 0.25) is 5.91 Å². The molecule has 0 bridgehead atoms. The first kappa shape index (κ1) is 21.9. The lowest BCUT2D eigenvalue weighted by atomic mass is 10.2. The zero-order valence-electron chi connectivity index (χ0n) is 17.4. The van der Waals surface area contributed by atoms with Gasteiger partial charge in [-0.1, -0.05) is 65.8 Å². The molecule has 1 N–H and O–H groups in total. The van der Waals surface area contributed by atoms with E-state index in [1.165, 1.54) is 11.8 Å². The molecule has 0 radical (unpaired) electrons. The minimum atomic E-state index is -0.0913. The van der Waals surface area contributed by atoms with Crippen LogP contribution in [0.2, 0.25) is 5.02 Å². The Morgan fingerprint density at radius 2 is 1.72 bits per heavy atom. The standard InChI is InChI=1S/C24H21ClN4O2S/c1-31-21-10-6-5-9-20(21)23-27-28-24(29(23)19-7-3-2-4-8-19)32-16-22(30)26-15-17-11-13-18(25)14-12-17/h2-14H,15-16H2,1H3,(H,26,30). The summed E-state index contributed by atoms with van der Waals surface area (Å²) >= 11 is 7.24. The van der Waals surface area contributed by atoms with Crippen molar-refractivity contribution in [2.45, 2.75) is 11.7 Å². The maximum atomic E-state index is 12.4. The second-order valence-electron chi connectivity index (χ2n) is 6.87. The first-order valence-corrected chi connectivity index (χ1v) is 11.3. The molecule has 4 rings (SSSR count). The second-order valence-corrected chi connectivity index (χ2v) is 8.25. The molecule has 0 saturated carbocycles. The third-order valence-electron chi connectivity index (χ3n) is 4.73. The fourth-order valence-corrected chi connectivity index (χ4v) is 4.07. The van der Waals surface area contributed by atoms with Crippen LogP contribution >= 0.6 is 23.4 Å². The molecular weight excluding hydrogens is 444 g/mol. The molecule has 3 aromatic carbocycles. The Bertz CT molecular complexity index is 1200. The van der Waals surface area contributed by atoms with Crippen LogP contribution < -0.4 is 10.1 Å². The lowest BCUT2D eigenvalue weighted by Crippen LogP contribution is -2.24. The van der Waals surface area contributed by atoms with E-state index in [1.54, 1.807) is 19.2 Å². The van der Waals surface area contributed by atoms with Crippen LogP contribution in [0.15, 0.2) is 84.0 Å². The number of hydrogen-bond donors (Lipinski definition) is 1. The summed E-state index contributed by atoms with van der Waals surface area (Å²) in [6, 6.07) is 24.9. The molecule has 0 spiro atoms. The van der Waals surface area contributed by atoms with Crippen molar-refractivity contribution in [3.8, 4) is 22.8 Å². The van der Waals surface area contributed by atoms with E-state index < -0.39 is 0 Å². The highest BCUT2D eigenvalue weighted by Crippen LogP contribution is 2.33. The molecule has 8 heteroatoms. The average Bonchev–Trinajstić information content (AvgIpc) is 3.26. The SMILES string of the molecule is COc1ccccc1-c1nnc(SCC(=O)NCc2ccc(Cl)cc2)n1-c1ccccc1. The number of para-hydroxylation sites is 2. The third kappa shape index (κ3) is 5.12. The van der Waals surface area contributed by atoms with Gasteiger partial charge in [-0.3, -0.25) is 9.36 Å². The van der Waals surface area contributed by atoms with Gasteiger partial charge < -0.3 is 10.1 Å². The number of thioether (sulfide) groups is 1. The molecule has 0 atom stereocenters. The van der Waals surface area contributed by atoms with E-state index in [1.807, 2.05) is 71.3 Å². The van der Waals surface area contributed by atoms with Crippen molar-refractivity contribution in [3.05, 3.63) is 89.4 Å². The van der Waals surface area contributed by atoms with E-state index in [4.69, 9.17) is 16.3 Å². The Morgan fingerprint density at radius 3 is 2.47 bits per heavy atom. The Kier molecular flexibility index (Phi) is 7.09. The molecule has 0 aliphatic rings. The van der Waals surface area contributed by atoms with Crippen molar-refractivity contribution in [2.75, 3.05) is 12.9 Å². The van der Waals surface area contributed by atoms with Crippen molar-refractivity contribution in [2.24, 2.45) is 0 Å². The van der Waals surface area contributed by atoms with E-state index in [0.717, 1.165) is 16.8 Å². The number of aromatic nitrogens is 3.